The number of carbonyl (C=O) groups excluding carboxylic acids is 1. The van der Waals surface area contributed by atoms with Crippen LogP contribution in [0.15, 0.2) is 36.4 Å². The Hall–Kier alpha value is -2.60. The van der Waals surface area contributed by atoms with Crippen molar-refractivity contribution in [2.24, 2.45) is 0 Å². The van der Waals surface area contributed by atoms with Gasteiger partial charge in [0.1, 0.15) is 11.6 Å². The van der Waals surface area contributed by atoms with Gasteiger partial charge < -0.3 is 19.9 Å². The topological polar surface area (TPSA) is 44.8 Å². The van der Waals surface area contributed by atoms with E-state index in [2.05, 4.69) is 17.1 Å². The molecule has 2 aliphatic heterocycles. The van der Waals surface area contributed by atoms with Gasteiger partial charge in [0.2, 0.25) is 0 Å². The first-order chi connectivity index (χ1) is 14.6. The third kappa shape index (κ3) is 4.15. The number of ether oxygens (including phenoxy) is 1. The number of likely N-dealkylation sites (N-methyl/N-ethyl adjacent to an activating group) is 1. The molecule has 0 bridgehead atoms. The van der Waals surface area contributed by atoms with Gasteiger partial charge in [-0.3, -0.25) is 4.79 Å². The van der Waals surface area contributed by atoms with Gasteiger partial charge in [-0.2, -0.15) is 0 Å². The van der Waals surface area contributed by atoms with Crippen LogP contribution >= 0.6 is 0 Å². The fourth-order valence-electron chi connectivity index (χ4n) is 4.27. The summed E-state index contributed by atoms with van der Waals surface area (Å²) in [5.41, 5.74) is 2.89. The second kappa shape index (κ2) is 9.04. The van der Waals surface area contributed by atoms with Crippen LogP contribution in [-0.4, -0.2) is 45.2 Å². The highest BCUT2D eigenvalue weighted by Crippen LogP contribution is 2.31. The Morgan fingerprint density at radius 2 is 2.07 bits per heavy atom. The summed E-state index contributed by atoms with van der Waals surface area (Å²) < 4.78 is 20.7. The van der Waals surface area contributed by atoms with Crippen molar-refractivity contribution in [2.75, 3.05) is 43.1 Å². The molecule has 2 aromatic rings. The van der Waals surface area contributed by atoms with Crippen LogP contribution in [0.5, 0.6) is 5.75 Å². The molecule has 1 unspecified atom stereocenters. The van der Waals surface area contributed by atoms with Crippen LogP contribution < -0.4 is 19.9 Å². The highest BCUT2D eigenvalue weighted by atomic mass is 19.1. The summed E-state index contributed by atoms with van der Waals surface area (Å²) in [7, 11) is 1.94. The quantitative estimate of drug-likeness (QED) is 0.700. The Morgan fingerprint density at radius 3 is 2.80 bits per heavy atom. The normalized spacial score (nSPS) is 18.6. The number of benzene rings is 2. The minimum atomic E-state index is -0.275. The molecule has 1 amide bonds. The SMILES string of the molecule is CCCCOc1ccc2c(c1)CCN(c1ccc(N3CCC(NC)C3)c(F)c1)C2=O. The first kappa shape index (κ1) is 20.7. The van der Waals surface area contributed by atoms with Crippen molar-refractivity contribution in [1.29, 1.82) is 0 Å². The fourth-order valence-corrected chi connectivity index (χ4v) is 4.27. The van der Waals surface area contributed by atoms with E-state index in [-0.39, 0.29) is 11.7 Å². The summed E-state index contributed by atoms with van der Waals surface area (Å²) >= 11 is 0. The maximum atomic E-state index is 14.9. The Morgan fingerprint density at radius 1 is 1.20 bits per heavy atom. The molecule has 30 heavy (non-hydrogen) atoms. The molecule has 1 fully saturated rings. The van der Waals surface area contributed by atoms with Crippen molar-refractivity contribution < 1.29 is 13.9 Å². The molecule has 5 nitrogen and oxygen atoms in total. The molecule has 6 heteroatoms. The summed E-state index contributed by atoms with van der Waals surface area (Å²) in [6, 6.07) is 11.2. The van der Waals surface area contributed by atoms with E-state index < -0.39 is 0 Å². The average molecular weight is 412 g/mol. The average Bonchev–Trinajstić information content (AvgIpc) is 3.23. The van der Waals surface area contributed by atoms with E-state index in [1.807, 2.05) is 31.3 Å². The van der Waals surface area contributed by atoms with E-state index in [9.17, 15) is 9.18 Å². The van der Waals surface area contributed by atoms with Gasteiger partial charge in [-0.05, 0) is 68.3 Å². The number of rotatable bonds is 7. The molecule has 1 saturated heterocycles. The maximum Gasteiger partial charge on any atom is 0.258 e. The van der Waals surface area contributed by atoms with Crippen molar-refractivity contribution in [3.63, 3.8) is 0 Å². The van der Waals surface area contributed by atoms with Crippen LogP contribution in [0.25, 0.3) is 0 Å². The molecular weight excluding hydrogens is 381 g/mol. The standard InChI is InChI=1S/C24H30FN3O2/c1-3-4-13-30-20-6-7-21-17(14-20)9-12-28(24(21)29)19-5-8-23(22(25)15-19)27-11-10-18(16-27)26-2/h5-8,14-15,18,26H,3-4,9-13,16H2,1-2H3. The summed E-state index contributed by atoms with van der Waals surface area (Å²) in [5.74, 6) is 0.451. The van der Waals surface area contributed by atoms with Crippen LogP contribution in [0.3, 0.4) is 0 Å². The molecule has 0 spiro atoms. The Bertz CT molecular complexity index is 917. The van der Waals surface area contributed by atoms with E-state index in [1.54, 1.807) is 11.0 Å². The molecule has 2 heterocycles. The second-order valence-corrected chi connectivity index (χ2v) is 8.08. The third-order valence-electron chi connectivity index (χ3n) is 6.10. The predicted molar refractivity (Wildman–Crippen MR) is 118 cm³/mol. The van der Waals surface area contributed by atoms with Crippen molar-refractivity contribution in [3.05, 3.63) is 53.3 Å². The van der Waals surface area contributed by atoms with Crippen molar-refractivity contribution in [2.45, 2.75) is 38.6 Å². The summed E-state index contributed by atoms with van der Waals surface area (Å²) in [6.45, 7) is 4.98. The monoisotopic (exact) mass is 411 g/mol. The van der Waals surface area contributed by atoms with E-state index in [1.165, 1.54) is 6.07 Å². The van der Waals surface area contributed by atoms with Crippen molar-refractivity contribution >= 4 is 17.3 Å². The Labute approximate surface area is 177 Å². The largest absolute Gasteiger partial charge is 0.494 e. The Kier molecular flexibility index (Phi) is 6.23. The van der Waals surface area contributed by atoms with Crippen molar-refractivity contribution in [3.8, 4) is 5.75 Å². The number of hydrogen-bond acceptors (Lipinski definition) is 4. The van der Waals surface area contributed by atoms with Gasteiger partial charge in [-0.15, -0.1) is 0 Å². The lowest BCUT2D eigenvalue weighted by Crippen LogP contribution is -2.37. The molecular formula is C24H30FN3O2. The highest BCUT2D eigenvalue weighted by molar-refractivity contribution is 6.08. The summed E-state index contributed by atoms with van der Waals surface area (Å²) in [6.07, 6.45) is 3.83. The Balaban J connectivity index is 1.49. The molecule has 0 saturated carbocycles. The molecule has 1 atom stereocenters. The summed E-state index contributed by atoms with van der Waals surface area (Å²) in [5, 5.41) is 3.25. The van der Waals surface area contributed by atoms with Gasteiger partial charge in [-0.1, -0.05) is 13.3 Å². The zero-order valence-electron chi connectivity index (χ0n) is 17.8. The van der Waals surface area contributed by atoms with Gasteiger partial charge >= 0.3 is 0 Å². The number of carbonyl (C=O) groups is 1. The van der Waals surface area contributed by atoms with Crippen LogP contribution in [0, 0.1) is 5.82 Å². The molecule has 0 aliphatic carbocycles. The second-order valence-electron chi connectivity index (χ2n) is 8.08. The van der Waals surface area contributed by atoms with Crippen LogP contribution in [0.1, 0.15) is 42.1 Å². The smallest absolute Gasteiger partial charge is 0.258 e. The summed E-state index contributed by atoms with van der Waals surface area (Å²) in [4.78, 5) is 16.8. The molecule has 0 aromatic heterocycles. The van der Waals surface area contributed by atoms with E-state index in [0.717, 1.165) is 50.1 Å². The molecule has 1 N–H and O–H groups in total. The van der Waals surface area contributed by atoms with Crippen LogP contribution in [0.4, 0.5) is 15.8 Å². The van der Waals surface area contributed by atoms with E-state index in [0.29, 0.717) is 36.1 Å². The maximum absolute atomic E-state index is 14.9. The number of halogens is 1. The molecule has 2 aromatic carbocycles. The van der Waals surface area contributed by atoms with Crippen LogP contribution in [0.2, 0.25) is 0 Å². The van der Waals surface area contributed by atoms with Gasteiger partial charge in [0.15, 0.2) is 0 Å². The lowest BCUT2D eigenvalue weighted by molar-refractivity contribution is 0.0980. The van der Waals surface area contributed by atoms with Crippen molar-refractivity contribution in [1.82, 2.24) is 5.32 Å². The first-order valence-electron chi connectivity index (χ1n) is 10.9. The number of nitrogens with one attached hydrogen (secondary N) is 1. The predicted octanol–water partition coefficient (Wildman–Crippen LogP) is 4.01. The fraction of sp³-hybridized carbons (Fsp3) is 0.458. The number of amides is 1. The number of hydrogen-bond donors (Lipinski definition) is 1. The number of nitrogens with zero attached hydrogens (tertiary/aromatic N) is 2. The van der Waals surface area contributed by atoms with Crippen LogP contribution in [-0.2, 0) is 6.42 Å². The molecule has 160 valence electrons. The molecule has 0 radical (unpaired) electrons. The van der Waals surface area contributed by atoms with Gasteiger partial charge in [0.05, 0.1) is 12.3 Å². The lowest BCUT2D eigenvalue weighted by Gasteiger charge is -2.29. The first-order valence-corrected chi connectivity index (χ1v) is 10.9. The minimum absolute atomic E-state index is 0.0834. The lowest BCUT2D eigenvalue weighted by atomic mass is 9.98. The number of unbranched alkanes of at least 4 members (excludes halogenated alkanes) is 1. The molecule has 2 aliphatic rings. The number of anilines is 2. The zero-order chi connectivity index (χ0) is 21.1. The third-order valence-corrected chi connectivity index (χ3v) is 6.10. The zero-order valence-corrected chi connectivity index (χ0v) is 17.8. The van der Waals surface area contributed by atoms with Gasteiger partial charge in [-0.25, -0.2) is 4.39 Å². The number of fused-ring (bicyclic) bond motifs is 1. The van der Waals surface area contributed by atoms with Gasteiger partial charge in [0.25, 0.3) is 5.91 Å². The van der Waals surface area contributed by atoms with Gasteiger partial charge in [0, 0.05) is 36.9 Å². The van der Waals surface area contributed by atoms with E-state index in [4.69, 9.17) is 4.74 Å². The molecule has 4 rings (SSSR count). The highest BCUT2D eigenvalue weighted by Gasteiger charge is 2.28. The minimum Gasteiger partial charge on any atom is -0.494 e. The van der Waals surface area contributed by atoms with E-state index >= 15 is 0 Å².